The van der Waals surface area contributed by atoms with Crippen LogP contribution in [0.4, 0.5) is 0 Å². The zero-order chi connectivity index (χ0) is 22.1. The monoisotopic (exact) mass is 444 g/mol. The summed E-state index contributed by atoms with van der Waals surface area (Å²) in [6, 6.07) is 18.2. The Labute approximate surface area is 190 Å². The number of hydrogen-bond acceptors (Lipinski definition) is 4. The number of nitrogens with one attached hydrogen (secondary N) is 2. The third-order valence-corrected chi connectivity index (χ3v) is 6.59. The van der Waals surface area contributed by atoms with Crippen LogP contribution in [0.1, 0.15) is 30.0 Å². The number of fused-ring (bicyclic) bond motifs is 1. The van der Waals surface area contributed by atoms with Crippen LogP contribution in [0.25, 0.3) is 22.2 Å². The lowest BCUT2D eigenvalue weighted by molar-refractivity contribution is -0.118. The molecule has 0 radical (unpaired) electrons. The summed E-state index contributed by atoms with van der Waals surface area (Å²) in [4.78, 5) is 33.7. The lowest BCUT2D eigenvalue weighted by Crippen LogP contribution is -2.26. The number of carbonyl (C=O) groups is 1. The molecule has 1 amide bonds. The highest BCUT2D eigenvalue weighted by atomic mass is 32.2. The predicted molar refractivity (Wildman–Crippen MR) is 128 cm³/mol. The molecular formula is C25H24N4O2S. The number of benzene rings is 2. The number of rotatable bonds is 7. The van der Waals surface area contributed by atoms with Gasteiger partial charge in [0.1, 0.15) is 11.0 Å². The van der Waals surface area contributed by atoms with E-state index in [4.69, 9.17) is 4.98 Å². The Morgan fingerprint density at radius 3 is 2.62 bits per heavy atom. The molecule has 2 aromatic carbocycles. The van der Waals surface area contributed by atoms with Crippen molar-refractivity contribution in [2.75, 3.05) is 5.75 Å². The van der Waals surface area contributed by atoms with Gasteiger partial charge >= 0.3 is 0 Å². The quantitative estimate of drug-likeness (QED) is 0.326. The molecule has 0 aliphatic heterocycles. The van der Waals surface area contributed by atoms with Crippen LogP contribution < -0.4 is 10.9 Å². The van der Waals surface area contributed by atoms with Gasteiger partial charge in [0.15, 0.2) is 5.16 Å². The van der Waals surface area contributed by atoms with E-state index in [9.17, 15) is 9.59 Å². The van der Waals surface area contributed by atoms with Gasteiger partial charge in [-0.15, -0.1) is 0 Å². The zero-order valence-electron chi connectivity index (χ0n) is 17.8. The van der Waals surface area contributed by atoms with Gasteiger partial charge in [0, 0.05) is 24.3 Å². The highest BCUT2D eigenvalue weighted by Crippen LogP contribution is 2.37. The number of H-pyrrole nitrogens is 1. The SMILES string of the molecule is Cc1ccc(CNC(=O)CSc2nc3c(-c4ccccc4)c[nH]c3c(=O)n2C2CC2)cc1. The van der Waals surface area contributed by atoms with Gasteiger partial charge in [-0.25, -0.2) is 4.98 Å². The number of aromatic nitrogens is 3. The molecule has 2 N–H and O–H groups in total. The molecule has 0 unspecified atom stereocenters. The molecule has 1 fully saturated rings. The summed E-state index contributed by atoms with van der Waals surface area (Å²) in [7, 11) is 0. The topological polar surface area (TPSA) is 79.8 Å². The average molecular weight is 445 g/mol. The van der Waals surface area contributed by atoms with Crippen LogP contribution in [-0.2, 0) is 11.3 Å². The molecule has 7 heteroatoms. The van der Waals surface area contributed by atoms with Gasteiger partial charge in [0.05, 0.1) is 5.75 Å². The molecule has 0 saturated heterocycles. The van der Waals surface area contributed by atoms with E-state index in [0.717, 1.165) is 29.5 Å². The van der Waals surface area contributed by atoms with Crippen molar-refractivity contribution in [3.05, 3.63) is 82.3 Å². The van der Waals surface area contributed by atoms with Crippen LogP contribution in [0.2, 0.25) is 0 Å². The molecule has 0 bridgehead atoms. The molecule has 2 heterocycles. The van der Waals surface area contributed by atoms with E-state index in [1.807, 2.05) is 67.7 Å². The first-order valence-corrected chi connectivity index (χ1v) is 11.7. The number of hydrogen-bond donors (Lipinski definition) is 2. The standard InChI is InChI=1S/C25H24N4O2S/c1-16-7-9-17(10-8-16)13-26-21(30)15-32-25-28-22-20(18-5-3-2-4-6-18)14-27-23(22)24(31)29(25)19-11-12-19/h2-10,14,19,27H,11-13,15H2,1H3,(H,26,30). The summed E-state index contributed by atoms with van der Waals surface area (Å²) in [5, 5.41) is 3.56. The van der Waals surface area contributed by atoms with Gasteiger partial charge in [-0.3, -0.25) is 14.2 Å². The molecule has 2 aromatic heterocycles. The summed E-state index contributed by atoms with van der Waals surface area (Å²) in [6.07, 6.45) is 3.77. The molecule has 162 valence electrons. The summed E-state index contributed by atoms with van der Waals surface area (Å²) >= 11 is 1.32. The minimum absolute atomic E-state index is 0.0674. The fourth-order valence-corrected chi connectivity index (χ4v) is 4.62. The van der Waals surface area contributed by atoms with Crippen LogP contribution in [-0.4, -0.2) is 26.2 Å². The van der Waals surface area contributed by atoms with E-state index in [1.54, 1.807) is 4.57 Å². The van der Waals surface area contributed by atoms with Gasteiger partial charge < -0.3 is 10.3 Å². The van der Waals surface area contributed by atoms with Gasteiger partial charge in [0.2, 0.25) is 5.91 Å². The van der Waals surface area contributed by atoms with E-state index in [2.05, 4.69) is 10.3 Å². The molecule has 1 saturated carbocycles. The minimum Gasteiger partial charge on any atom is -0.355 e. The predicted octanol–water partition coefficient (Wildman–Crippen LogP) is 4.44. The Morgan fingerprint density at radius 1 is 1.16 bits per heavy atom. The fraction of sp³-hybridized carbons (Fsp3) is 0.240. The van der Waals surface area contributed by atoms with Crippen molar-refractivity contribution in [2.24, 2.45) is 0 Å². The zero-order valence-corrected chi connectivity index (χ0v) is 18.6. The van der Waals surface area contributed by atoms with Crippen molar-refractivity contribution in [1.29, 1.82) is 0 Å². The van der Waals surface area contributed by atoms with Crippen molar-refractivity contribution < 1.29 is 4.79 Å². The third kappa shape index (κ3) is 4.21. The number of thioether (sulfide) groups is 1. The largest absolute Gasteiger partial charge is 0.355 e. The number of amides is 1. The Morgan fingerprint density at radius 2 is 1.91 bits per heavy atom. The normalized spacial score (nSPS) is 13.4. The lowest BCUT2D eigenvalue weighted by Gasteiger charge is -2.12. The Hall–Kier alpha value is -3.32. The van der Waals surface area contributed by atoms with E-state index in [0.29, 0.717) is 22.7 Å². The van der Waals surface area contributed by atoms with E-state index in [1.165, 1.54) is 17.3 Å². The summed E-state index contributed by atoms with van der Waals surface area (Å²) < 4.78 is 1.76. The molecular weight excluding hydrogens is 420 g/mol. The highest BCUT2D eigenvalue weighted by molar-refractivity contribution is 7.99. The molecule has 1 aliphatic carbocycles. The lowest BCUT2D eigenvalue weighted by atomic mass is 10.1. The van der Waals surface area contributed by atoms with Crippen LogP contribution >= 0.6 is 11.8 Å². The molecule has 0 atom stereocenters. The first-order chi connectivity index (χ1) is 15.6. The van der Waals surface area contributed by atoms with Crippen LogP contribution in [0.5, 0.6) is 0 Å². The molecule has 6 nitrogen and oxygen atoms in total. The molecule has 32 heavy (non-hydrogen) atoms. The second kappa shape index (κ2) is 8.67. The van der Waals surface area contributed by atoms with Gasteiger partial charge in [-0.05, 0) is 30.9 Å². The second-order valence-electron chi connectivity index (χ2n) is 8.14. The van der Waals surface area contributed by atoms with E-state index < -0.39 is 0 Å². The first kappa shape index (κ1) is 20.6. The van der Waals surface area contributed by atoms with Gasteiger partial charge in [0.25, 0.3) is 5.56 Å². The Kier molecular flexibility index (Phi) is 5.57. The minimum atomic E-state index is -0.0791. The van der Waals surface area contributed by atoms with Gasteiger partial charge in [-0.1, -0.05) is 71.9 Å². The maximum Gasteiger partial charge on any atom is 0.278 e. The van der Waals surface area contributed by atoms with E-state index >= 15 is 0 Å². The number of nitrogens with zero attached hydrogens (tertiary/aromatic N) is 2. The van der Waals surface area contributed by atoms with Crippen molar-refractivity contribution in [1.82, 2.24) is 19.9 Å². The van der Waals surface area contributed by atoms with Crippen molar-refractivity contribution in [2.45, 2.75) is 37.5 Å². The summed E-state index contributed by atoms with van der Waals surface area (Å²) in [5.41, 5.74) is 5.25. The van der Waals surface area contributed by atoms with Crippen molar-refractivity contribution in [3.8, 4) is 11.1 Å². The molecule has 0 spiro atoms. The first-order valence-electron chi connectivity index (χ1n) is 10.7. The number of aryl methyl sites for hydroxylation is 1. The van der Waals surface area contributed by atoms with Crippen LogP contribution in [0.15, 0.2) is 70.7 Å². The Bertz CT molecular complexity index is 1320. The Balaban J connectivity index is 1.38. The summed E-state index contributed by atoms with van der Waals surface area (Å²) in [6.45, 7) is 2.52. The van der Waals surface area contributed by atoms with Crippen LogP contribution in [0, 0.1) is 6.92 Å². The maximum atomic E-state index is 13.2. The van der Waals surface area contributed by atoms with Crippen molar-refractivity contribution in [3.63, 3.8) is 0 Å². The van der Waals surface area contributed by atoms with Gasteiger partial charge in [-0.2, -0.15) is 0 Å². The summed E-state index contributed by atoms with van der Waals surface area (Å²) in [5.74, 6) is 0.131. The number of carbonyl (C=O) groups excluding carboxylic acids is 1. The van der Waals surface area contributed by atoms with Crippen molar-refractivity contribution >= 4 is 28.7 Å². The third-order valence-electron chi connectivity index (χ3n) is 5.64. The smallest absolute Gasteiger partial charge is 0.278 e. The molecule has 4 aromatic rings. The average Bonchev–Trinajstić information content (AvgIpc) is 3.55. The fourth-order valence-electron chi connectivity index (χ4n) is 3.73. The molecule has 1 aliphatic rings. The van der Waals surface area contributed by atoms with Crippen LogP contribution in [0.3, 0.4) is 0 Å². The number of aromatic amines is 1. The highest BCUT2D eigenvalue weighted by Gasteiger charge is 2.29. The second-order valence-corrected chi connectivity index (χ2v) is 9.09. The molecule has 5 rings (SSSR count). The van der Waals surface area contributed by atoms with E-state index in [-0.39, 0.29) is 23.3 Å². The maximum absolute atomic E-state index is 13.2.